The van der Waals surface area contributed by atoms with E-state index in [9.17, 15) is 9.90 Å². The first-order valence-corrected chi connectivity index (χ1v) is 12.2. The molecule has 6 rings (SSSR count). The lowest BCUT2D eigenvalue weighted by atomic mass is 9.45. The van der Waals surface area contributed by atoms with Crippen molar-refractivity contribution in [3.63, 3.8) is 0 Å². The van der Waals surface area contributed by atoms with E-state index >= 15 is 0 Å². The Balaban J connectivity index is 1.62. The van der Waals surface area contributed by atoms with Crippen LogP contribution in [0.2, 0.25) is 0 Å². The molecule has 5 aliphatic rings. The molecule has 0 aliphatic heterocycles. The highest BCUT2D eigenvalue weighted by Gasteiger charge is 2.64. The first-order valence-electron chi connectivity index (χ1n) is 12.2. The van der Waals surface area contributed by atoms with E-state index in [1.807, 2.05) is 13.0 Å². The van der Waals surface area contributed by atoms with E-state index in [-0.39, 0.29) is 22.5 Å². The van der Waals surface area contributed by atoms with Crippen molar-refractivity contribution in [1.29, 1.82) is 0 Å². The summed E-state index contributed by atoms with van der Waals surface area (Å²) in [6.45, 7) is 4.13. The Morgan fingerprint density at radius 1 is 1.19 bits per heavy atom. The predicted molar refractivity (Wildman–Crippen MR) is 124 cm³/mol. The van der Waals surface area contributed by atoms with Gasteiger partial charge < -0.3 is 9.84 Å². The van der Waals surface area contributed by atoms with Gasteiger partial charge in [0.25, 0.3) is 0 Å². The Morgan fingerprint density at radius 2 is 2.03 bits per heavy atom. The van der Waals surface area contributed by atoms with Gasteiger partial charge in [0.1, 0.15) is 11.4 Å². The standard InChI is InChI=1S/C29H32O3/c1-4-11-29(31)13-10-25-23-7-5-19-15-20(30)9-12-28(19)16-18-14-21(32-3)6-8-22(18)24(26(23)28)17-27(25,29)2/h6,8,14-15,24-25,31H,5,7,9-10,12-13,16-17H2,1-3H3/t24-,25+,27+,28-,29+/m1/s1. The number of methoxy groups -OCH3 is 1. The quantitative estimate of drug-likeness (QED) is 0.489. The monoisotopic (exact) mass is 428 g/mol. The van der Waals surface area contributed by atoms with Gasteiger partial charge in [-0.15, -0.1) is 5.92 Å². The summed E-state index contributed by atoms with van der Waals surface area (Å²) in [5.41, 5.74) is 6.09. The Hall–Kier alpha value is -2.31. The molecule has 166 valence electrons. The number of carbonyl (C=O) groups excluding carboxylic acids is 1. The highest BCUT2D eigenvalue weighted by molar-refractivity contribution is 5.92. The van der Waals surface area contributed by atoms with Gasteiger partial charge in [-0.1, -0.05) is 35.6 Å². The molecule has 0 amide bonds. The van der Waals surface area contributed by atoms with E-state index < -0.39 is 5.60 Å². The van der Waals surface area contributed by atoms with Crippen molar-refractivity contribution < 1.29 is 14.6 Å². The maximum absolute atomic E-state index is 12.4. The zero-order valence-electron chi connectivity index (χ0n) is 19.4. The Morgan fingerprint density at radius 3 is 2.81 bits per heavy atom. The molecular weight excluding hydrogens is 396 g/mol. The molecule has 1 saturated carbocycles. The van der Waals surface area contributed by atoms with E-state index in [4.69, 9.17) is 4.74 Å². The number of ether oxygens (including phenoxy) is 1. The summed E-state index contributed by atoms with van der Waals surface area (Å²) in [4.78, 5) is 12.4. The zero-order chi connectivity index (χ0) is 22.3. The first kappa shape index (κ1) is 20.3. The van der Waals surface area contributed by atoms with Crippen molar-refractivity contribution in [2.24, 2.45) is 16.7 Å². The first-order chi connectivity index (χ1) is 15.3. The van der Waals surface area contributed by atoms with E-state index in [1.165, 1.54) is 16.7 Å². The van der Waals surface area contributed by atoms with Crippen LogP contribution in [0.15, 0.2) is 41.0 Å². The van der Waals surface area contributed by atoms with Crippen LogP contribution >= 0.6 is 0 Å². The SMILES string of the molecule is CC#C[C@]1(O)CC[C@H]2C3=C4[C@H](C[C@@]21C)c1ccc(OC)cc1C[C@@]41CCC(=O)C=C1CC3. The summed E-state index contributed by atoms with van der Waals surface area (Å²) in [6.07, 6.45) is 9.19. The fourth-order valence-electron chi connectivity index (χ4n) is 8.29. The van der Waals surface area contributed by atoms with Gasteiger partial charge in [-0.3, -0.25) is 4.79 Å². The molecule has 3 nitrogen and oxygen atoms in total. The van der Waals surface area contributed by atoms with E-state index in [0.717, 1.165) is 50.7 Å². The summed E-state index contributed by atoms with van der Waals surface area (Å²) < 4.78 is 5.59. The minimum Gasteiger partial charge on any atom is -0.497 e. The Kier molecular flexibility index (Phi) is 4.19. The van der Waals surface area contributed by atoms with Crippen molar-refractivity contribution in [2.75, 3.05) is 7.11 Å². The average molecular weight is 429 g/mol. The van der Waals surface area contributed by atoms with Gasteiger partial charge in [-0.25, -0.2) is 0 Å². The molecule has 32 heavy (non-hydrogen) atoms. The number of hydrogen-bond acceptors (Lipinski definition) is 3. The van der Waals surface area contributed by atoms with Crippen LogP contribution < -0.4 is 4.74 Å². The molecule has 3 heteroatoms. The summed E-state index contributed by atoms with van der Waals surface area (Å²) in [5.74, 6) is 8.13. The van der Waals surface area contributed by atoms with Crippen LogP contribution in [0.5, 0.6) is 5.75 Å². The van der Waals surface area contributed by atoms with Crippen LogP contribution in [0.4, 0.5) is 0 Å². The van der Waals surface area contributed by atoms with Crippen LogP contribution in [0, 0.1) is 28.6 Å². The topological polar surface area (TPSA) is 46.5 Å². The van der Waals surface area contributed by atoms with Gasteiger partial charge >= 0.3 is 0 Å². The molecule has 0 unspecified atom stereocenters. The number of hydrogen-bond donors (Lipinski definition) is 1. The second-order valence-corrected chi connectivity index (χ2v) is 10.9. The molecule has 0 radical (unpaired) electrons. The van der Waals surface area contributed by atoms with Gasteiger partial charge in [0, 0.05) is 23.2 Å². The molecule has 1 spiro atoms. The largest absolute Gasteiger partial charge is 0.497 e. The van der Waals surface area contributed by atoms with Crippen molar-refractivity contribution in [2.45, 2.75) is 76.7 Å². The summed E-state index contributed by atoms with van der Waals surface area (Å²) in [5, 5.41) is 11.8. The minimum absolute atomic E-state index is 0.0238. The lowest BCUT2D eigenvalue weighted by molar-refractivity contribution is -0.115. The van der Waals surface area contributed by atoms with Crippen molar-refractivity contribution in [3.8, 4) is 17.6 Å². The molecule has 1 fully saturated rings. The lowest BCUT2D eigenvalue weighted by Crippen LogP contribution is -2.52. The summed E-state index contributed by atoms with van der Waals surface area (Å²) in [6, 6.07) is 6.55. The van der Waals surface area contributed by atoms with Crippen molar-refractivity contribution in [3.05, 3.63) is 52.1 Å². The maximum atomic E-state index is 12.4. The molecule has 1 N–H and O–H groups in total. The van der Waals surface area contributed by atoms with Crippen LogP contribution in [0.25, 0.3) is 0 Å². The van der Waals surface area contributed by atoms with E-state index in [2.05, 4.69) is 37.0 Å². The van der Waals surface area contributed by atoms with Crippen LogP contribution in [-0.4, -0.2) is 23.6 Å². The molecule has 0 bridgehead atoms. The zero-order valence-corrected chi connectivity index (χ0v) is 19.4. The minimum atomic E-state index is -0.930. The normalized spacial score (nSPS) is 39.1. The van der Waals surface area contributed by atoms with Crippen molar-refractivity contribution >= 4 is 5.78 Å². The van der Waals surface area contributed by atoms with Crippen molar-refractivity contribution in [1.82, 2.24) is 0 Å². The third-order valence-electron chi connectivity index (χ3n) is 9.73. The third-order valence-corrected chi connectivity index (χ3v) is 9.73. The average Bonchev–Trinajstić information content (AvgIpc) is 3.04. The van der Waals surface area contributed by atoms with Gasteiger partial charge in [0.05, 0.1) is 7.11 Å². The fraction of sp³-hybridized carbons (Fsp3) is 0.552. The molecule has 0 aromatic heterocycles. The highest BCUT2D eigenvalue weighted by Crippen LogP contribution is 2.70. The number of benzene rings is 1. The predicted octanol–water partition coefficient (Wildman–Crippen LogP) is 5.28. The number of rotatable bonds is 1. The maximum Gasteiger partial charge on any atom is 0.155 e. The molecule has 5 atom stereocenters. The number of fused-ring (bicyclic) bond motifs is 4. The smallest absolute Gasteiger partial charge is 0.155 e. The second-order valence-electron chi connectivity index (χ2n) is 10.9. The van der Waals surface area contributed by atoms with Crippen LogP contribution in [-0.2, 0) is 11.2 Å². The van der Waals surface area contributed by atoms with E-state index in [0.29, 0.717) is 12.3 Å². The Bertz CT molecular complexity index is 1160. The molecular formula is C29H32O3. The fourth-order valence-corrected chi connectivity index (χ4v) is 8.29. The molecule has 1 aromatic rings. The van der Waals surface area contributed by atoms with Gasteiger partial charge in [0.15, 0.2) is 5.78 Å². The highest BCUT2D eigenvalue weighted by atomic mass is 16.5. The summed E-state index contributed by atoms with van der Waals surface area (Å²) >= 11 is 0. The summed E-state index contributed by atoms with van der Waals surface area (Å²) in [7, 11) is 1.73. The molecule has 1 aromatic carbocycles. The number of allylic oxidation sites excluding steroid dienone is 4. The molecule has 0 saturated heterocycles. The molecule has 5 aliphatic carbocycles. The van der Waals surface area contributed by atoms with Gasteiger partial charge in [-0.2, -0.15) is 0 Å². The number of carbonyl (C=O) groups is 1. The molecule has 0 heterocycles. The third kappa shape index (κ3) is 2.40. The van der Waals surface area contributed by atoms with Gasteiger partial charge in [-0.05, 0) is 87.1 Å². The number of ketones is 1. The number of aliphatic hydroxyl groups is 1. The van der Waals surface area contributed by atoms with Crippen LogP contribution in [0.1, 0.15) is 75.8 Å². The Labute approximate surface area is 190 Å². The van der Waals surface area contributed by atoms with Crippen LogP contribution in [0.3, 0.4) is 0 Å². The van der Waals surface area contributed by atoms with E-state index in [1.54, 1.807) is 18.3 Å². The lowest BCUT2D eigenvalue weighted by Gasteiger charge is -2.58. The van der Waals surface area contributed by atoms with Gasteiger partial charge in [0.2, 0.25) is 0 Å². The second kappa shape index (κ2) is 6.61.